The summed E-state index contributed by atoms with van der Waals surface area (Å²) in [6.07, 6.45) is 1.02. The quantitative estimate of drug-likeness (QED) is 0.761. The molecule has 1 rings (SSSR count). The molecule has 0 radical (unpaired) electrons. The fourth-order valence-corrected chi connectivity index (χ4v) is 1.32. The highest BCUT2D eigenvalue weighted by molar-refractivity contribution is 5.09. The predicted molar refractivity (Wildman–Crippen MR) is 53.6 cm³/mol. The molecule has 5 nitrogen and oxygen atoms in total. The zero-order valence-electron chi connectivity index (χ0n) is 9.03. The van der Waals surface area contributed by atoms with Gasteiger partial charge in [-0.2, -0.15) is 0 Å². The zero-order chi connectivity index (χ0) is 10.6. The Bertz CT molecular complexity index is 284. The van der Waals surface area contributed by atoms with E-state index in [2.05, 4.69) is 24.2 Å². The van der Waals surface area contributed by atoms with E-state index in [1.807, 2.05) is 4.68 Å². The fourth-order valence-electron chi connectivity index (χ4n) is 1.32. The lowest BCUT2D eigenvalue weighted by molar-refractivity contribution is 0.173. The lowest BCUT2D eigenvalue weighted by atomic mass is 10.2. The molecule has 0 amide bonds. The Labute approximate surface area is 84.2 Å². The molecule has 0 saturated heterocycles. The summed E-state index contributed by atoms with van der Waals surface area (Å²) in [5.74, 6) is 0. The lowest BCUT2D eigenvalue weighted by Crippen LogP contribution is -2.12. The molecule has 0 aliphatic heterocycles. The number of nitrogens with zero attached hydrogens (tertiary/aromatic N) is 3. The van der Waals surface area contributed by atoms with Gasteiger partial charge >= 0.3 is 0 Å². The van der Waals surface area contributed by atoms with E-state index in [1.165, 1.54) is 0 Å². The summed E-state index contributed by atoms with van der Waals surface area (Å²) in [4.78, 5) is 0. The Morgan fingerprint density at radius 3 is 2.79 bits per heavy atom. The van der Waals surface area contributed by atoms with Crippen molar-refractivity contribution in [1.29, 1.82) is 0 Å². The van der Waals surface area contributed by atoms with Crippen LogP contribution in [0.3, 0.4) is 0 Å². The summed E-state index contributed by atoms with van der Waals surface area (Å²) in [6, 6.07) is 0.341. The van der Waals surface area contributed by atoms with Crippen LogP contribution in [0, 0.1) is 0 Å². The molecule has 2 N–H and O–H groups in total. The minimum Gasteiger partial charge on any atom is -0.378 e. The standard InChI is InChI=1S/C9H18N4O/c1-4-7(2)13-9(6-14-3)8(5-10)11-12-13/h7H,4-6,10H2,1-3H3. The Morgan fingerprint density at radius 2 is 2.29 bits per heavy atom. The van der Waals surface area contributed by atoms with Gasteiger partial charge in [-0.1, -0.05) is 12.1 Å². The third-order valence-electron chi connectivity index (χ3n) is 2.35. The van der Waals surface area contributed by atoms with Crippen LogP contribution in [0.25, 0.3) is 0 Å². The van der Waals surface area contributed by atoms with Crippen LogP contribution >= 0.6 is 0 Å². The molecule has 0 aromatic carbocycles. The topological polar surface area (TPSA) is 66.0 Å². The van der Waals surface area contributed by atoms with Gasteiger partial charge in [-0.15, -0.1) is 5.10 Å². The van der Waals surface area contributed by atoms with Crippen molar-refractivity contribution in [2.45, 2.75) is 39.5 Å². The molecule has 1 aromatic rings. The van der Waals surface area contributed by atoms with Crippen molar-refractivity contribution in [3.8, 4) is 0 Å². The van der Waals surface area contributed by atoms with Gasteiger partial charge in [0, 0.05) is 13.7 Å². The first-order chi connectivity index (χ1) is 6.74. The van der Waals surface area contributed by atoms with Crippen LogP contribution in [-0.4, -0.2) is 22.1 Å². The summed E-state index contributed by atoms with van der Waals surface area (Å²) in [7, 11) is 1.66. The summed E-state index contributed by atoms with van der Waals surface area (Å²) in [5, 5.41) is 8.11. The van der Waals surface area contributed by atoms with Gasteiger partial charge in [0.25, 0.3) is 0 Å². The molecule has 0 aliphatic rings. The summed E-state index contributed by atoms with van der Waals surface area (Å²) >= 11 is 0. The van der Waals surface area contributed by atoms with E-state index in [-0.39, 0.29) is 0 Å². The maximum absolute atomic E-state index is 5.56. The van der Waals surface area contributed by atoms with Crippen molar-refractivity contribution < 1.29 is 4.74 Å². The molecule has 1 heterocycles. The van der Waals surface area contributed by atoms with Crippen molar-refractivity contribution >= 4 is 0 Å². The summed E-state index contributed by atoms with van der Waals surface area (Å²) < 4.78 is 7.00. The molecular weight excluding hydrogens is 180 g/mol. The van der Waals surface area contributed by atoms with Gasteiger partial charge in [0.05, 0.1) is 18.3 Å². The van der Waals surface area contributed by atoms with Gasteiger partial charge in [0.2, 0.25) is 0 Å². The summed E-state index contributed by atoms with van der Waals surface area (Å²) in [6.45, 7) is 5.15. The molecule has 1 atom stereocenters. The van der Waals surface area contributed by atoms with E-state index in [9.17, 15) is 0 Å². The van der Waals surface area contributed by atoms with Crippen LogP contribution < -0.4 is 5.73 Å². The molecule has 1 aromatic heterocycles. The number of aromatic nitrogens is 3. The van der Waals surface area contributed by atoms with Gasteiger partial charge in [-0.3, -0.25) is 0 Å². The zero-order valence-corrected chi connectivity index (χ0v) is 9.03. The Hall–Kier alpha value is -0.940. The molecule has 0 spiro atoms. The molecule has 1 unspecified atom stereocenters. The van der Waals surface area contributed by atoms with Crippen molar-refractivity contribution in [3.05, 3.63) is 11.4 Å². The maximum Gasteiger partial charge on any atom is 0.102 e. The normalized spacial score (nSPS) is 13.1. The van der Waals surface area contributed by atoms with E-state index in [0.29, 0.717) is 19.2 Å². The molecule has 0 bridgehead atoms. The Kier molecular flexibility index (Phi) is 4.03. The van der Waals surface area contributed by atoms with Gasteiger partial charge in [0.1, 0.15) is 5.69 Å². The number of hydrogen-bond donors (Lipinski definition) is 1. The first kappa shape index (κ1) is 11.1. The van der Waals surface area contributed by atoms with E-state index in [4.69, 9.17) is 10.5 Å². The van der Waals surface area contributed by atoms with E-state index in [0.717, 1.165) is 17.8 Å². The highest BCUT2D eigenvalue weighted by atomic mass is 16.5. The fraction of sp³-hybridized carbons (Fsp3) is 0.778. The molecule has 0 aliphatic carbocycles. The molecular formula is C9H18N4O. The smallest absolute Gasteiger partial charge is 0.102 e. The predicted octanol–water partition coefficient (Wildman–Crippen LogP) is 0.854. The van der Waals surface area contributed by atoms with Crippen LogP contribution in [0.5, 0.6) is 0 Å². The SMILES string of the molecule is CCC(C)n1nnc(CN)c1COC. The monoisotopic (exact) mass is 198 g/mol. The van der Waals surface area contributed by atoms with Crippen LogP contribution in [0.4, 0.5) is 0 Å². The van der Waals surface area contributed by atoms with Crippen LogP contribution in [-0.2, 0) is 17.9 Å². The third kappa shape index (κ3) is 2.10. The molecule has 80 valence electrons. The van der Waals surface area contributed by atoms with Crippen molar-refractivity contribution in [2.24, 2.45) is 5.73 Å². The maximum atomic E-state index is 5.56. The molecule has 0 fully saturated rings. The number of nitrogens with two attached hydrogens (primary N) is 1. The van der Waals surface area contributed by atoms with Gasteiger partial charge in [-0.05, 0) is 13.3 Å². The number of rotatable bonds is 5. The van der Waals surface area contributed by atoms with Crippen molar-refractivity contribution in [2.75, 3.05) is 7.11 Å². The van der Waals surface area contributed by atoms with Crippen molar-refractivity contribution in [1.82, 2.24) is 15.0 Å². The largest absolute Gasteiger partial charge is 0.378 e. The lowest BCUT2D eigenvalue weighted by Gasteiger charge is -2.12. The first-order valence-corrected chi connectivity index (χ1v) is 4.86. The van der Waals surface area contributed by atoms with Crippen molar-refractivity contribution in [3.63, 3.8) is 0 Å². The van der Waals surface area contributed by atoms with Crippen LogP contribution in [0.15, 0.2) is 0 Å². The second-order valence-corrected chi connectivity index (χ2v) is 3.32. The molecule has 5 heteroatoms. The van der Waals surface area contributed by atoms with Crippen LogP contribution in [0.1, 0.15) is 37.7 Å². The highest BCUT2D eigenvalue weighted by Gasteiger charge is 2.14. The average Bonchev–Trinajstić information content (AvgIpc) is 2.60. The number of ether oxygens (including phenoxy) is 1. The number of hydrogen-bond acceptors (Lipinski definition) is 4. The van der Waals surface area contributed by atoms with Gasteiger partial charge in [0.15, 0.2) is 0 Å². The van der Waals surface area contributed by atoms with Gasteiger partial charge in [-0.25, -0.2) is 4.68 Å². The Balaban J connectivity index is 2.97. The minimum absolute atomic E-state index is 0.341. The molecule has 14 heavy (non-hydrogen) atoms. The van der Waals surface area contributed by atoms with E-state index in [1.54, 1.807) is 7.11 Å². The minimum atomic E-state index is 0.341. The van der Waals surface area contributed by atoms with Gasteiger partial charge < -0.3 is 10.5 Å². The molecule has 0 saturated carbocycles. The summed E-state index contributed by atoms with van der Waals surface area (Å²) in [5.41, 5.74) is 7.38. The second kappa shape index (κ2) is 5.07. The first-order valence-electron chi connectivity index (χ1n) is 4.86. The van der Waals surface area contributed by atoms with E-state index >= 15 is 0 Å². The average molecular weight is 198 g/mol. The van der Waals surface area contributed by atoms with E-state index < -0.39 is 0 Å². The third-order valence-corrected chi connectivity index (χ3v) is 2.35. The second-order valence-electron chi connectivity index (χ2n) is 3.32. The Morgan fingerprint density at radius 1 is 1.57 bits per heavy atom. The highest BCUT2D eigenvalue weighted by Crippen LogP contribution is 2.15. The van der Waals surface area contributed by atoms with Crippen LogP contribution in [0.2, 0.25) is 0 Å². The number of methoxy groups -OCH3 is 1.